The number of carboxylic acid groups (broad SMARTS) is 1. The van der Waals surface area contributed by atoms with Crippen molar-refractivity contribution in [3.63, 3.8) is 0 Å². The zero-order chi connectivity index (χ0) is 20.4. The van der Waals surface area contributed by atoms with E-state index in [1.807, 2.05) is 0 Å². The Morgan fingerprint density at radius 3 is 2.50 bits per heavy atom. The number of piperazine rings is 1. The first-order chi connectivity index (χ1) is 13.4. The van der Waals surface area contributed by atoms with Crippen LogP contribution in [0.5, 0.6) is 0 Å². The van der Waals surface area contributed by atoms with Crippen LogP contribution in [0.4, 0.5) is 14.9 Å². The third kappa shape index (κ3) is 3.62. The fraction of sp³-hybridized carbons (Fsp3) is 0.389. The molecule has 0 atom stereocenters. The van der Waals surface area contributed by atoms with Crippen molar-refractivity contribution in [1.82, 2.24) is 9.47 Å². The number of anilines is 1. The molecular formula is C18H19ClFN3O5. The quantitative estimate of drug-likeness (QED) is 0.776. The van der Waals surface area contributed by atoms with Crippen molar-refractivity contribution in [3.8, 4) is 0 Å². The van der Waals surface area contributed by atoms with Gasteiger partial charge in [0, 0.05) is 44.3 Å². The predicted octanol–water partition coefficient (Wildman–Crippen LogP) is 2.31. The summed E-state index contributed by atoms with van der Waals surface area (Å²) in [6.45, 7) is 3.66. The second kappa shape index (κ2) is 8.05. The lowest BCUT2D eigenvalue weighted by molar-refractivity contribution is 0.0694. The number of amides is 1. The number of halogens is 2. The topological polar surface area (TPSA) is 92.1 Å². The number of carboxylic acids is 1. The van der Waals surface area contributed by atoms with Gasteiger partial charge >= 0.3 is 12.1 Å². The number of pyridine rings is 1. The summed E-state index contributed by atoms with van der Waals surface area (Å²) in [6, 6.07) is 2.40. The van der Waals surface area contributed by atoms with E-state index in [2.05, 4.69) is 0 Å². The molecule has 150 valence electrons. The molecule has 0 saturated carbocycles. The number of carbonyl (C=O) groups excluding carboxylic acids is 1. The Bertz CT molecular complexity index is 985. The SMILES string of the molecule is CCn1cc(C(=O)O)c(=O)c2cc(F)c(N3CCN(C(=O)OCCl)CC3)cc21. The number of hydrogen-bond donors (Lipinski definition) is 1. The first-order valence-electron chi connectivity index (χ1n) is 8.70. The Balaban J connectivity index is 1.97. The average Bonchev–Trinajstić information content (AvgIpc) is 2.68. The normalized spacial score (nSPS) is 14.4. The second-order valence-electron chi connectivity index (χ2n) is 6.28. The minimum atomic E-state index is -1.35. The molecule has 10 heteroatoms. The number of ether oxygens (including phenoxy) is 1. The maximum Gasteiger partial charge on any atom is 0.411 e. The van der Waals surface area contributed by atoms with E-state index in [1.165, 1.54) is 11.1 Å². The summed E-state index contributed by atoms with van der Waals surface area (Å²) in [5, 5.41) is 9.24. The van der Waals surface area contributed by atoms with Gasteiger partial charge in [-0.2, -0.15) is 0 Å². The molecule has 1 saturated heterocycles. The van der Waals surface area contributed by atoms with E-state index in [0.29, 0.717) is 43.9 Å². The fourth-order valence-electron chi connectivity index (χ4n) is 3.32. The molecule has 0 radical (unpaired) electrons. The summed E-state index contributed by atoms with van der Waals surface area (Å²) < 4.78 is 21.1. The van der Waals surface area contributed by atoms with E-state index < -0.39 is 28.9 Å². The zero-order valence-corrected chi connectivity index (χ0v) is 15.9. The fourth-order valence-corrected chi connectivity index (χ4v) is 3.42. The first kappa shape index (κ1) is 19.9. The number of fused-ring (bicyclic) bond motifs is 1. The van der Waals surface area contributed by atoms with E-state index in [9.17, 15) is 23.9 Å². The van der Waals surface area contributed by atoms with Crippen molar-refractivity contribution in [2.45, 2.75) is 13.5 Å². The molecule has 1 fully saturated rings. The molecule has 1 aromatic carbocycles. The van der Waals surface area contributed by atoms with E-state index in [4.69, 9.17) is 16.3 Å². The highest BCUT2D eigenvalue weighted by molar-refractivity contribution is 6.17. The van der Waals surface area contributed by atoms with Gasteiger partial charge in [-0.3, -0.25) is 4.79 Å². The monoisotopic (exact) mass is 411 g/mol. The third-order valence-corrected chi connectivity index (χ3v) is 4.89. The minimum absolute atomic E-state index is 0.0207. The van der Waals surface area contributed by atoms with Crippen LogP contribution in [0.25, 0.3) is 10.9 Å². The lowest BCUT2D eigenvalue weighted by Gasteiger charge is -2.35. The van der Waals surface area contributed by atoms with Crippen molar-refractivity contribution in [3.05, 3.63) is 39.9 Å². The van der Waals surface area contributed by atoms with Gasteiger partial charge in [0.15, 0.2) is 6.07 Å². The molecule has 1 aliphatic heterocycles. The van der Waals surface area contributed by atoms with Crippen LogP contribution in [-0.4, -0.2) is 58.9 Å². The number of aromatic nitrogens is 1. The van der Waals surface area contributed by atoms with Crippen molar-refractivity contribution in [2.24, 2.45) is 0 Å². The number of benzene rings is 1. The Morgan fingerprint density at radius 2 is 1.93 bits per heavy atom. The Morgan fingerprint density at radius 1 is 1.25 bits per heavy atom. The molecule has 1 N–H and O–H groups in total. The molecule has 1 amide bonds. The van der Waals surface area contributed by atoms with Gasteiger partial charge in [0.2, 0.25) is 5.43 Å². The van der Waals surface area contributed by atoms with Gasteiger partial charge in [-0.05, 0) is 19.1 Å². The second-order valence-corrected chi connectivity index (χ2v) is 6.50. The molecule has 3 rings (SSSR count). The lowest BCUT2D eigenvalue weighted by Crippen LogP contribution is -2.49. The smallest absolute Gasteiger partial charge is 0.411 e. The van der Waals surface area contributed by atoms with E-state index in [-0.39, 0.29) is 11.5 Å². The summed E-state index contributed by atoms with van der Waals surface area (Å²) in [5.41, 5.74) is -0.361. The standard InChI is InChI=1S/C18H19ClFN3O5/c1-2-21-9-12(17(25)26)16(24)11-7-13(20)15(8-14(11)21)22-3-5-23(6-4-22)18(27)28-10-19/h7-9H,2-6,10H2,1H3,(H,25,26). The highest BCUT2D eigenvalue weighted by Crippen LogP contribution is 2.26. The molecule has 8 nitrogen and oxygen atoms in total. The van der Waals surface area contributed by atoms with E-state index >= 15 is 0 Å². The van der Waals surface area contributed by atoms with Gasteiger partial charge in [0.05, 0.1) is 11.2 Å². The largest absolute Gasteiger partial charge is 0.477 e. The van der Waals surface area contributed by atoms with E-state index in [0.717, 1.165) is 6.07 Å². The van der Waals surface area contributed by atoms with Gasteiger partial charge in [-0.1, -0.05) is 11.6 Å². The molecule has 0 bridgehead atoms. The average molecular weight is 412 g/mol. The molecule has 0 aliphatic carbocycles. The van der Waals surface area contributed by atoms with E-state index in [1.54, 1.807) is 22.5 Å². The molecule has 28 heavy (non-hydrogen) atoms. The Hall–Kier alpha value is -2.81. The minimum Gasteiger partial charge on any atom is -0.477 e. The van der Waals surface area contributed by atoms with Crippen LogP contribution in [-0.2, 0) is 11.3 Å². The maximum atomic E-state index is 14.8. The van der Waals surface area contributed by atoms with Crippen LogP contribution >= 0.6 is 11.6 Å². The van der Waals surface area contributed by atoms with Crippen LogP contribution < -0.4 is 10.3 Å². The molecule has 0 spiro atoms. The molecule has 2 aromatic rings. The van der Waals surface area contributed by atoms with Crippen LogP contribution in [0.2, 0.25) is 0 Å². The van der Waals surface area contributed by atoms with Crippen molar-refractivity contribution < 1.29 is 23.8 Å². The van der Waals surface area contributed by atoms with Crippen LogP contribution in [0.3, 0.4) is 0 Å². The summed E-state index contributed by atoms with van der Waals surface area (Å²) in [5.74, 6) is -1.97. The molecule has 0 unspecified atom stereocenters. The third-order valence-electron chi connectivity index (χ3n) is 4.78. The summed E-state index contributed by atoms with van der Waals surface area (Å²) in [6.07, 6.45) is 0.754. The highest BCUT2D eigenvalue weighted by Gasteiger charge is 2.25. The number of aromatic carboxylic acids is 1. The van der Waals surface area contributed by atoms with Gasteiger partial charge in [-0.25, -0.2) is 14.0 Å². The predicted molar refractivity (Wildman–Crippen MR) is 102 cm³/mol. The Labute approximate surface area is 164 Å². The van der Waals surface area contributed by atoms with Crippen molar-refractivity contribution in [2.75, 3.05) is 37.1 Å². The number of hydrogen-bond acceptors (Lipinski definition) is 5. The van der Waals surface area contributed by atoms with Gasteiger partial charge < -0.3 is 24.2 Å². The number of aryl methyl sites for hydroxylation is 1. The summed E-state index contributed by atoms with van der Waals surface area (Å²) in [7, 11) is 0. The van der Waals surface area contributed by atoms with Crippen LogP contribution in [0, 0.1) is 5.82 Å². The highest BCUT2D eigenvalue weighted by atomic mass is 35.5. The van der Waals surface area contributed by atoms with Crippen LogP contribution in [0.1, 0.15) is 17.3 Å². The molecule has 1 aromatic heterocycles. The van der Waals surface area contributed by atoms with Crippen LogP contribution in [0.15, 0.2) is 23.1 Å². The zero-order valence-electron chi connectivity index (χ0n) is 15.2. The Kier molecular flexibility index (Phi) is 5.73. The van der Waals surface area contributed by atoms with Crippen molar-refractivity contribution in [1.29, 1.82) is 0 Å². The molecular weight excluding hydrogens is 393 g/mol. The summed E-state index contributed by atoms with van der Waals surface area (Å²) >= 11 is 5.39. The number of rotatable bonds is 4. The number of carbonyl (C=O) groups is 2. The lowest BCUT2D eigenvalue weighted by atomic mass is 10.1. The van der Waals surface area contributed by atoms with Gasteiger partial charge in [0.1, 0.15) is 11.4 Å². The summed E-state index contributed by atoms with van der Waals surface area (Å²) in [4.78, 5) is 38.7. The van der Waals surface area contributed by atoms with Gasteiger partial charge in [-0.15, -0.1) is 0 Å². The molecule has 2 heterocycles. The van der Waals surface area contributed by atoms with Gasteiger partial charge in [0.25, 0.3) is 0 Å². The number of alkyl halides is 1. The number of nitrogens with zero attached hydrogens (tertiary/aromatic N) is 3. The van der Waals surface area contributed by atoms with Crippen molar-refractivity contribution >= 4 is 40.3 Å². The first-order valence-corrected chi connectivity index (χ1v) is 9.23. The molecule has 1 aliphatic rings. The maximum absolute atomic E-state index is 14.8.